The number of thiophene rings is 1. The van der Waals surface area contributed by atoms with Gasteiger partial charge in [-0.15, -0.1) is 11.3 Å². The SMILES string of the molecule is O=C(NCCC(=O)N1CCc2sccc2C1)C(c1ccccc1)N1CCCCC1=O. The largest absolute Gasteiger partial charge is 0.353 e. The average Bonchev–Trinajstić information content (AvgIpc) is 3.24. The lowest BCUT2D eigenvalue weighted by molar-refractivity contribution is -0.143. The minimum absolute atomic E-state index is 0.0150. The van der Waals surface area contributed by atoms with Crippen molar-refractivity contribution in [2.75, 3.05) is 19.6 Å². The number of rotatable bonds is 6. The third-order valence-electron chi connectivity index (χ3n) is 5.83. The molecule has 0 aliphatic carbocycles. The zero-order valence-electron chi connectivity index (χ0n) is 17.0. The Morgan fingerprint density at radius 2 is 1.90 bits per heavy atom. The highest BCUT2D eigenvalue weighted by atomic mass is 32.1. The van der Waals surface area contributed by atoms with E-state index in [9.17, 15) is 14.4 Å². The molecule has 1 atom stereocenters. The Bertz CT molecular complexity index is 911. The van der Waals surface area contributed by atoms with Gasteiger partial charge in [0.1, 0.15) is 6.04 Å². The summed E-state index contributed by atoms with van der Waals surface area (Å²) < 4.78 is 0. The number of hydrogen-bond acceptors (Lipinski definition) is 4. The number of nitrogens with zero attached hydrogens (tertiary/aromatic N) is 2. The standard InChI is InChI=1S/C23H27N3O3S/c27-20(25-14-10-19-18(16-25)11-15-30-19)9-12-24-23(29)22(17-6-2-1-3-7-17)26-13-5-4-8-21(26)28/h1-3,6-7,11,15,22H,4-5,8-10,12-14,16H2,(H,24,29). The molecule has 1 saturated heterocycles. The number of amides is 3. The first-order valence-corrected chi connectivity index (χ1v) is 11.5. The second-order valence-electron chi connectivity index (χ2n) is 7.83. The lowest BCUT2D eigenvalue weighted by Gasteiger charge is -2.34. The molecule has 1 unspecified atom stereocenters. The quantitative estimate of drug-likeness (QED) is 0.774. The summed E-state index contributed by atoms with van der Waals surface area (Å²) >= 11 is 1.75. The lowest BCUT2D eigenvalue weighted by atomic mass is 10.0. The summed E-state index contributed by atoms with van der Waals surface area (Å²) in [5, 5.41) is 4.98. The molecule has 1 N–H and O–H groups in total. The van der Waals surface area contributed by atoms with E-state index in [1.54, 1.807) is 16.2 Å². The molecule has 0 radical (unpaired) electrons. The van der Waals surface area contributed by atoms with E-state index in [4.69, 9.17) is 0 Å². The summed E-state index contributed by atoms with van der Waals surface area (Å²) in [5.41, 5.74) is 2.04. The van der Waals surface area contributed by atoms with Crippen LogP contribution in [0, 0.1) is 0 Å². The van der Waals surface area contributed by atoms with Gasteiger partial charge in [0.15, 0.2) is 0 Å². The fourth-order valence-corrected chi connectivity index (χ4v) is 5.11. The van der Waals surface area contributed by atoms with Crippen molar-refractivity contribution in [3.63, 3.8) is 0 Å². The van der Waals surface area contributed by atoms with Crippen LogP contribution >= 0.6 is 11.3 Å². The van der Waals surface area contributed by atoms with Crippen LogP contribution in [0.3, 0.4) is 0 Å². The molecule has 1 aromatic heterocycles. The summed E-state index contributed by atoms with van der Waals surface area (Å²) in [6.07, 6.45) is 3.42. The van der Waals surface area contributed by atoms with Crippen LogP contribution in [0.15, 0.2) is 41.8 Å². The molecule has 2 aromatic rings. The van der Waals surface area contributed by atoms with E-state index in [2.05, 4.69) is 16.8 Å². The molecular formula is C23H27N3O3S. The molecule has 1 aromatic carbocycles. The van der Waals surface area contributed by atoms with Gasteiger partial charge in [0.2, 0.25) is 17.7 Å². The topological polar surface area (TPSA) is 69.7 Å². The third-order valence-corrected chi connectivity index (χ3v) is 6.86. The predicted molar refractivity (Wildman–Crippen MR) is 116 cm³/mol. The van der Waals surface area contributed by atoms with Crippen LogP contribution < -0.4 is 5.32 Å². The van der Waals surface area contributed by atoms with Crippen molar-refractivity contribution in [2.24, 2.45) is 0 Å². The average molecular weight is 426 g/mol. The van der Waals surface area contributed by atoms with Crippen LogP contribution in [-0.4, -0.2) is 47.2 Å². The van der Waals surface area contributed by atoms with Crippen molar-refractivity contribution < 1.29 is 14.4 Å². The van der Waals surface area contributed by atoms with Gasteiger partial charge in [0.05, 0.1) is 0 Å². The Kier molecular flexibility index (Phi) is 6.47. The van der Waals surface area contributed by atoms with Crippen molar-refractivity contribution in [3.05, 3.63) is 57.8 Å². The Morgan fingerprint density at radius 3 is 2.70 bits per heavy atom. The van der Waals surface area contributed by atoms with Crippen LogP contribution in [0.25, 0.3) is 0 Å². The van der Waals surface area contributed by atoms with E-state index >= 15 is 0 Å². The number of fused-ring (bicyclic) bond motifs is 1. The van der Waals surface area contributed by atoms with Gasteiger partial charge in [0.25, 0.3) is 0 Å². The summed E-state index contributed by atoms with van der Waals surface area (Å²) in [5.74, 6) is -0.151. The summed E-state index contributed by atoms with van der Waals surface area (Å²) in [6, 6.07) is 10.9. The van der Waals surface area contributed by atoms with Gasteiger partial charge >= 0.3 is 0 Å². The second kappa shape index (κ2) is 9.43. The number of carbonyl (C=O) groups excluding carboxylic acids is 3. The normalized spacial score (nSPS) is 17.4. The summed E-state index contributed by atoms with van der Waals surface area (Å²) in [7, 11) is 0. The van der Waals surface area contributed by atoms with Crippen LogP contribution in [0.1, 0.15) is 47.7 Å². The van der Waals surface area contributed by atoms with Crippen molar-refractivity contribution >= 4 is 29.1 Å². The highest BCUT2D eigenvalue weighted by Crippen LogP contribution is 2.26. The zero-order valence-corrected chi connectivity index (χ0v) is 17.8. The lowest BCUT2D eigenvalue weighted by Crippen LogP contribution is -2.46. The van der Waals surface area contributed by atoms with Crippen molar-refractivity contribution in [2.45, 2.75) is 44.7 Å². The number of piperidine rings is 1. The smallest absolute Gasteiger partial charge is 0.247 e. The molecule has 7 heteroatoms. The Morgan fingerprint density at radius 1 is 1.07 bits per heavy atom. The van der Waals surface area contributed by atoms with Gasteiger partial charge in [0, 0.05) is 43.9 Å². The van der Waals surface area contributed by atoms with Crippen LogP contribution in [0.4, 0.5) is 0 Å². The molecule has 3 amide bonds. The molecule has 3 heterocycles. The van der Waals surface area contributed by atoms with E-state index < -0.39 is 6.04 Å². The minimum Gasteiger partial charge on any atom is -0.353 e. The first kappa shape index (κ1) is 20.6. The van der Waals surface area contributed by atoms with E-state index in [0.717, 1.165) is 31.4 Å². The van der Waals surface area contributed by atoms with Crippen molar-refractivity contribution in [3.8, 4) is 0 Å². The fourth-order valence-electron chi connectivity index (χ4n) is 4.22. The van der Waals surface area contributed by atoms with Gasteiger partial charge in [-0.2, -0.15) is 0 Å². The molecule has 4 rings (SSSR count). The number of hydrogen-bond donors (Lipinski definition) is 1. The fraction of sp³-hybridized carbons (Fsp3) is 0.435. The number of nitrogens with one attached hydrogen (secondary N) is 1. The maximum Gasteiger partial charge on any atom is 0.247 e. The molecule has 158 valence electrons. The summed E-state index contributed by atoms with van der Waals surface area (Å²) in [4.78, 5) is 43.0. The van der Waals surface area contributed by atoms with E-state index in [0.29, 0.717) is 19.5 Å². The monoisotopic (exact) mass is 425 g/mol. The van der Waals surface area contributed by atoms with Crippen LogP contribution in [0.5, 0.6) is 0 Å². The second-order valence-corrected chi connectivity index (χ2v) is 8.83. The molecule has 2 aliphatic heterocycles. The number of benzene rings is 1. The van der Waals surface area contributed by atoms with Gasteiger partial charge in [-0.05, 0) is 41.8 Å². The maximum absolute atomic E-state index is 13.0. The molecule has 30 heavy (non-hydrogen) atoms. The third kappa shape index (κ3) is 4.56. The van der Waals surface area contributed by atoms with Gasteiger partial charge in [-0.1, -0.05) is 30.3 Å². The van der Waals surface area contributed by atoms with Crippen molar-refractivity contribution in [1.29, 1.82) is 0 Å². The van der Waals surface area contributed by atoms with Gasteiger partial charge in [-0.3, -0.25) is 14.4 Å². The first-order valence-electron chi connectivity index (χ1n) is 10.6. The molecule has 6 nitrogen and oxygen atoms in total. The number of carbonyl (C=O) groups is 3. The van der Waals surface area contributed by atoms with Crippen molar-refractivity contribution in [1.82, 2.24) is 15.1 Å². The summed E-state index contributed by atoms with van der Waals surface area (Å²) in [6.45, 7) is 2.24. The molecule has 1 fully saturated rings. The van der Waals surface area contributed by atoms with E-state index in [-0.39, 0.29) is 30.7 Å². The Labute approximate surface area is 180 Å². The predicted octanol–water partition coefficient (Wildman–Crippen LogP) is 2.89. The minimum atomic E-state index is -0.641. The van der Waals surface area contributed by atoms with E-state index in [1.807, 2.05) is 35.2 Å². The van der Waals surface area contributed by atoms with Crippen LogP contribution in [-0.2, 0) is 27.3 Å². The highest BCUT2D eigenvalue weighted by molar-refractivity contribution is 7.10. The molecule has 2 aliphatic rings. The van der Waals surface area contributed by atoms with Crippen LogP contribution in [0.2, 0.25) is 0 Å². The van der Waals surface area contributed by atoms with Gasteiger partial charge < -0.3 is 15.1 Å². The number of likely N-dealkylation sites (tertiary alicyclic amines) is 1. The Hall–Kier alpha value is -2.67. The van der Waals surface area contributed by atoms with E-state index in [1.165, 1.54) is 10.4 Å². The highest BCUT2D eigenvalue weighted by Gasteiger charge is 2.32. The molecular weight excluding hydrogens is 398 g/mol. The first-order chi connectivity index (χ1) is 14.6. The zero-order chi connectivity index (χ0) is 20.9. The molecule has 0 bridgehead atoms. The molecule has 0 saturated carbocycles. The molecule has 0 spiro atoms. The maximum atomic E-state index is 13.0. The Balaban J connectivity index is 1.36. The van der Waals surface area contributed by atoms with Gasteiger partial charge in [-0.25, -0.2) is 0 Å².